The molecule has 0 saturated carbocycles. The van der Waals surface area contributed by atoms with Gasteiger partial charge < -0.3 is 15.4 Å². The molecule has 0 radical (unpaired) electrons. The number of benzene rings is 1. The fourth-order valence-corrected chi connectivity index (χ4v) is 2.85. The second kappa shape index (κ2) is 9.38. The first kappa shape index (κ1) is 19.2. The number of aromatic nitrogens is 2. The number of morpholine rings is 1. The minimum atomic E-state index is -0.361. The number of aryl methyl sites for hydroxylation is 1. The molecule has 1 aromatic heterocycles. The van der Waals surface area contributed by atoms with Crippen LogP contribution in [0.2, 0.25) is 0 Å². The number of nitrogens with zero attached hydrogens (tertiary/aromatic N) is 3. The van der Waals surface area contributed by atoms with E-state index in [-0.39, 0.29) is 24.0 Å². The Hall–Kier alpha value is -2.58. The third kappa shape index (κ3) is 5.70. The average molecular weight is 373 g/mol. The maximum absolute atomic E-state index is 13.7. The molecule has 144 valence electrons. The van der Waals surface area contributed by atoms with E-state index in [1.54, 1.807) is 31.2 Å². The van der Waals surface area contributed by atoms with Crippen molar-refractivity contribution in [3.8, 4) is 0 Å². The molecule has 2 N–H and O–H groups in total. The summed E-state index contributed by atoms with van der Waals surface area (Å²) in [6.45, 7) is 6.81. The van der Waals surface area contributed by atoms with Gasteiger partial charge in [-0.05, 0) is 13.0 Å². The average Bonchev–Trinajstić information content (AvgIpc) is 2.67. The molecule has 1 aromatic carbocycles. The van der Waals surface area contributed by atoms with E-state index in [2.05, 4.69) is 25.5 Å². The molecule has 0 bridgehead atoms. The lowest BCUT2D eigenvalue weighted by molar-refractivity contribution is 0.0398. The van der Waals surface area contributed by atoms with Gasteiger partial charge in [0.05, 0.1) is 13.2 Å². The summed E-state index contributed by atoms with van der Waals surface area (Å²) in [5.74, 6) is 0.399. The van der Waals surface area contributed by atoms with Crippen LogP contribution in [0.1, 0.15) is 21.9 Å². The van der Waals surface area contributed by atoms with Gasteiger partial charge in [-0.15, -0.1) is 0 Å². The van der Waals surface area contributed by atoms with E-state index < -0.39 is 0 Å². The number of ether oxygens (including phenoxy) is 1. The van der Waals surface area contributed by atoms with Crippen molar-refractivity contribution in [3.05, 3.63) is 53.2 Å². The molecule has 1 fully saturated rings. The van der Waals surface area contributed by atoms with Crippen molar-refractivity contribution in [1.29, 1.82) is 0 Å². The molecule has 0 unspecified atom stereocenters. The third-order valence-electron chi connectivity index (χ3n) is 4.31. The highest BCUT2D eigenvalue weighted by Crippen LogP contribution is 2.09. The van der Waals surface area contributed by atoms with Crippen LogP contribution < -0.4 is 10.6 Å². The Morgan fingerprint density at radius 1 is 1.26 bits per heavy atom. The molecule has 1 aliphatic rings. The maximum atomic E-state index is 13.7. The van der Waals surface area contributed by atoms with Crippen LogP contribution in [0.25, 0.3) is 0 Å². The zero-order valence-electron chi connectivity index (χ0n) is 15.4. The van der Waals surface area contributed by atoms with Crippen LogP contribution in [0, 0.1) is 12.7 Å². The van der Waals surface area contributed by atoms with Crippen LogP contribution in [0.3, 0.4) is 0 Å². The summed E-state index contributed by atoms with van der Waals surface area (Å²) in [5.41, 5.74) is 0.688. The number of carbonyl (C=O) groups is 1. The first-order valence-electron chi connectivity index (χ1n) is 9.03. The smallest absolute Gasteiger partial charge is 0.270 e. The van der Waals surface area contributed by atoms with Crippen LogP contribution in [0.5, 0.6) is 0 Å². The van der Waals surface area contributed by atoms with Gasteiger partial charge in [0.25, 0.3) is 5.91 Å². The van der Waals surface area contributed by atoms with Crippen molar-refractivity contribution in [2.45, 2.75) is 13.5 Å². The molecule has 7 nitrogen and oxygen atoms in total. The van der Waals surface area contributed by atoms with Gasteiger partial charge in [-0.3, -0.25) is 9.69 Å². The third-order valence-corrected chi connectivity index (χ3v) is 4.31. The summed E-state index contributed by atoms with van der Waals surface area (Å²) < 4.78 is 19.0. The van der Waals surface area contributed by atoms with Crippen molar-refractivity contribution < 1.29 is 13.9 Å². The largest absolute Gasteiger partial charge is 0.379 e. The predicted molar refractivity (Wildman–Crippen MR) is 100 cm³/mol. The molecule has 1 amide bonds. The quantitative estimate of drug-likeness (QED) is 0.768. The second-order valence-corrected chi connectivity index (χ2v) is 6.34. The Kier molecular flexibility index (Phi) is 6.67. The fraction of sp³-hybridized carbons (Fsp3) is 0.421. The van der Waals surface area contributed by atoms with Gasteiger partial charge >= 0.3 is 0 Å². The molecule has 8 heteroatoms. The van der Waals surface area contributed by atoms with E-state index >= 15 is 0 Å². The summed E-state index contributed by atoms with van der Waals surface area (Å²) in [7, 11) is 0. The molecule has 0 aliphatic carbocycles. The van der Waals surface area contributed by atoms with Crippen LogP contribution in [0.15, 0.2) is 30.3 Å². The Balaban J connectivity index is 1.55. The van der Waals surface area contributed by atoms with E-state index in [9.17, 15) is 9.18 Å². The van der Waals surface area contributed by atoms with Gasteiger partial charge in [0.1, 0.15) is 23.2 Å². The number of halogens is 1. The molecule has 0 atom stereocenters. The number of amides is 1. The van der Waals surface area contributed by atoms with E-state index in [1.165, 1.54) is 6.07 Å². The van der Waals surface area contributed by atoms with Gasteiger partial charge in [-0.25, -0.2) is 14.4 Å². The number of nitrogens with one attached hydrogen (secondary N) is 2. The summed E-state index contributed by atoms with van der Waals surface area (Å²) in [6.07, 6.45) is 0. The molecule has 3 rings (SSSR count). The maximum Gasteiger partial charge on any atom is 0.270 e. The Morgan fingerprint density at radius 2 is 2.04 bits per heavy atom. The molecule has 1 aliphatic heterocycles. The van der Waals surface area contributed by atoms with E-state index in [1.807, 2.05) is 0 Å². The number of anilines is 1. The van der Waals surface area contributed by atoms with Crippen molar-refractivity contribution in [2.75, 3.05) is 44.7 Å². The van der Waals surface area contributed by atoms with Gasteiger partial charge in [-0.1, -0.05) is 18.2 Å². The molecular formula is C19H24FN5O2. The van der Waals surface area contributed by atoms with Gasteiger partial charge in [0.2, 0.25) is 0 Å². The van der Waals surface area contributed by atoms with Crippen LogP contribution in [0.4, 0.5) is 10.2 Å². The highest BCUT2D eigenvalue weighted by molar-refractivity contribution is 5.92. The van der Waals surface area contributed by atoms with Crippen LogP contribution in [-0.2, 0) is 11.3 Å². The molecule has 2 heterocycles. The lowest BCUT2D eigenvalue weighted by Gasteiger charge is -2.26. The monoisotopic (exact) mass is 373 g/mol. The number of rotatable bonds is 7. The second-order valence-electron chi connectivity index (χ2n) is 6.34. The number of hydrogen-bond acceptors (Lipinski definition) is 6. The van der Waals surface area contributed by atoms with Crippen molar-refractivity contribution in [2.24, 2.45) is 0 Å². The molecule has 1 saturated heterocycles. The molecule has 27 heavy (non-hydrogen) atoms. The van der Waals surface area contributed by atoms with Crippen LogP contribution in [-0.4, -0.2) is 60.2 Å². The number of carbonyl (C=O) groups excluding carboxylic acids is 1. The fourth-order valence-electron chi connectivity index (χ4n) is 2.85. The minimum Gasteiger partial charge on any atom is -0.379 e. The summed E-state index contributed by atoms with van der Waals surface area (Å²) >= 11 is 0. The lowest BCUT2D eigenvalue weighted by Crippen LogP contribution is -2.39. The highest BCUT2D eigenvalue weighted by Gasteiger charge is 2.13. The summed E-state index contributed by atoms with van der Waals surface area (Å²) in [4.78, 5) is 23.2. The first-order valence-corrected chi connectivity index (χ1v) is 9.03. The molecule has 0 spiro atoms. The zero-order valence-corrected chi connectivity index (χ0v) is 15.4. The van der Waals surface area contributed by atoms with Crippen LogP contribution >= 0.6 is 0 Å². The first-order chi connectivity index (χ1) is 13.1. The topological polar surface area (TPSA) is 79.4 Å². The van der Waals surface area contributed by atoms with E-state index in [0.29, 0.717) is 23.8 Å². The molecule has 2 aromatic rings. The van der Waals surface area contributed by atoms with Crippen molar-refractivity contribution in [3.63, 3.8) is 0 Å². The van der Waals surface area contributed by atoms with Crippen molar-refractivity contribution >= 4 is 11.7 Å². The number of hydrogen-bond donors (Lipinski definition) is 2. The van der Waals surface area contributed by atoms with E-state index in [0.717, 1.165) is 32.8 Å². The lowest BCUT2D eigenvalue weighted by atomic mass is 10.2. The van der Waals surface area contributed by atoms with Gasteiger partial charge in [0.15, 0.2) is 0 Å². The Morgan fingerprint density at radius 3 is 2.81 bits per heavy atom. The summed E-state index contributed by atoms with van der Waals surface area (Å²) in [5, 5.41) is 5.94. The zero-order chi connectivity index (χ0) is 19.1. The predicted octanol–water partition coefficient (Wildman–Crippen LogP) is 1.60. The summed E-state index contributed by atoms with van der Waals surface area (Å²) in [6, 6.07) is 7.97. The normalized spacial score (nSPS) is 14.7. The minimum absolute atomic E-state index is 0.106. The van der Waals surface area contributed by atoms with Crippen molar-refractivity contribution in [1.82, 2.24) is 20.2 Å². The molecular weight excluding hydrogens is 349 g/mol. The Labute approximate surface area is 158 Å². The standard InChI is InChI=1S/C19H24FN5O2/c1-14-23-17(19(26)22-13-15-4-2-3-5-16(15)20)12-18(24-14)21-6-7-25-8-10-27-11-9-25/h2-5,12H,6-11,13H2,1H3,(H,22,26)(H,21,23,24). The Bertz CT molecular complexity index is 780. The van der Waals surface area contributed by atoms with Gasteiger partial charge in [-0.2, -0.15) is 0 Å². The SMILES string of the molecule is Cc1nc(NCCN2CCOCC2)cc(C(=O)NCc2ccccc2F)n1. The van der Waals surface area contributed by atoms with Gasteiger partial charge in [0, 0.05) is 44.4 Å². The van der Waals surface area contributed by atoms with E-state index in [4.69, 9.17) is 4.74 Å². The highest BCUT2D eigenvalue weighted by atomic mass is 19.1.